The van der Waals surface area contributed by atoms with Crippen LogP contribution in [0.25, 0.3) is 10.9 Å². The Kier molecular flexibility index (Phi) is 3.67. The highest BCUT2D eigenvalue weighted by molar-refractivity contribution is 6.30. The predicted octanol–water partition coefficient (Wildman–Crippen LogP) is 4.64. The molecule has 1 atom stereocenters. The third-order valence-corrected chi connectivity index (χ3v) is 3.76. The molecular weight excluding hydrogens is 282 g/mol. The van der Waals surface area contributed by atoms with Crippen molar-refractivity contribution < 1.29 is 0 Å². The lowest BCUT2D eigenvalue weighted by molar-refractivity contribution is 0.886. The van der Waals surface area contributed by atoms with Crippen LogP contribution in [0.5, 0.6) is 0 Å². The summed E-state index contributed by atoms with van der Waals surface area (Å²) in [4.78, 5) is 4.44. The van der Waals surface area contributed by atoms with Gasteiger partial charge in [0, 0.05) is 28.3 Å². The fraction of sp³-hybridized carbons (Fsp3) is 0.118. The highest BCUT2D eigenvalue weighted by atomic mass is 35.5. The molecule has 0 bridgehead atoms. The molecule has 0 radical (unpaired) electrons. The van der Waals surface area contributed by atoms with E-state index < -0.39 is 0 Å². The third kappa shape index (κ3) is 2.78. The summed E-state index contributed by atoms with van der Waals surface area (Å²) in [5.74, 6) is 0. The first-order valence-electron chi connectivity index (χ1n) is 6.80. The number of nitrogen functional groups attached to an aromatic ring is 1. The molecule has 3 rings (SSSR count). The molecule has 0 aliphatic heterocycles. The van der Waals surface area contributed by atoms with E-state index in [9.17, 15) is 0 Å². The zero-order valence-corrected chi connectivity index (χ0v) is 12.4. The number of hydrogen-bond donors (Lipinski definition) is 2. The Bertz CT molecular complexity index is 786. The maximum atomic E-state index is 6.05. The second-order valence-electron chi connectivity index (χ2n) is 5.02. The van der Waals surface area contributed by atoms with Crippen LogP contribution in [0.3, 0.4) is 0 Å². The molecule has 3 aromatic rings. The fourth-order valence-corrected chi connectivity index (χ4v) is 2.60. The van der Waals surface area contributed by atoms with Gasteiger partial charge in [0.2, 0.25) is 0 Å². The summed E-state index contributed by atoms with van der Waals surface area (Å²) in [6.07, 6.45) is 1.77. The molecule has 0 saturated carbocycles. The molecule has 0 amide bonds. The van der Waals surface area contributed by atoms with Gasteiger partial charge in [-0.3, -0.25) is 4.98 Å². The van der Waals surface area contributed by atoms with Gasteiger partial charge >= 0.3 is 0 Å². The van der Waals surface area contributed by atoms with Crippen LogP contribution in [0.4, 0.5) is 11.4 Å². The topological polar surface area (TPSA) is 50.9 Å². The van der Waals surface area contributed by atoms with Gasteiger partial charge in [0.1, 0.15) is 0 Å². The van der Waals surface area contributed by atoms with Crippen molar-refractivity contribution >= 4 is 33.9 Å². The van der Waals surface area contributed by atoms with Crippen molar-refractivity contribution in [2.45, 2.75) is 13.0 Å². The molecule has 0 fully saturated rings. The number of nitrogens with zero attached hydrogens (tertiary/aromatic N) is 1. The molecule has 0 aliphatic rings. The highest BCUT2D eigenvalue weighted by Gasteiger charge is 2.10. The van der Waals surface area contributed by atoms with Gasteiger partial charge in [-0.05, 0) is 48.9 Å². The van der Waals surface area contributed by atoms with Gasteiger partial charge in [-0.1, -0.05) is 23.7 Å². The zero-order chi connectivity index (χ0) is 14.8. The fourth-order valence-electron chi connectivity index (χ4n) is 2.40. The number of fused-ring (bicyclic) bond motifs is 1. The van der Waals surface area contributed by atoms with Crippen molar-refractivity contribution in [2.75, 3.05) is 11.1 Å². The molecule has 1 aromatic heterocycles. The average Bonchev–Trinajstić information content (AvgIpc) is 2.50. The number of benzene rings is 2. The highest BCUT2D eigenvalue weighted by Crippen LogP contribution is 2.29. The minimum absolute atomic E-state index is 0.123. The summed E-state index contributed by atoms with van der Waals surface area (Å²) >= 11 is 6.05. The SMILES string of the molecule is CC(Nc1ccc(N)c2cccnc12)c1cccc(Cl)c1. The first kappa shape index (κ1) is 13.7. The van der Waals surface area contributed by atoms with Crippen LogP contribution in [0.15, 0.2) is 54.7 Å². The van der Waals surface area contributed by atoms with E-state index >= 15 is 0 Å². The van der Waals surface area contributed by atoms with Crippen LogP contribution in [-0.2, 0) is 0 Å². The number of anilines is 2. The molecule has 106 valence electrons. The molecule has 0 saturated heterocycles. The molecule has 0 aliphatic carbocycles. The first-order valence-corrected chi connectivity index (χ1v) is 7.18. The molecule has 0 spiro atoms. The molecule has 1 unspecified atom stereocenters. The minimum Gasteiger partial charge on any atom is -0.398 e. The van der Waals surface area contributed by atoms with Crippen molar-refractivity contribution in [1.82, 2.24) is 4.98 Å². The summed E-state index contributed by atoms with van der Waals surface area (Å²) in [6.45, 7) is 2.09. The maximum Gasteiger partial charge on any atom is 0.0954 e. The molecule has 4 heteroatoms. The number of rotatable bonds is 3. The second kappa shape index (κ2) is 5.62. The number of aromatic nitrogens is 1. The molecule has 2 aromatic carbocycles. The van der Waals surface area contributed by atoms with Gasteiger partial charge in [-0.15, -0.1) is 0 Å². The molecule has 21 heavy (non-hydrogen) atoms. The van der Waals surface area contributed by atoms with E-state index in [1.165, 1.54) is 0 Å². The van der Waals surface area contributed by atoms with Crippen LogP contribution in [-0.4, -0.2) is 4.98 Å². The molecule has 3 N–H and O–H groups in total. The zero-order valence-electron chi connectivity index (χ0n) is 11.7. The Hall–Kier alpha value is -2.26. The van der Waals surface area contributed by atoms with Crippen LogP contribution in [0, 0.1) is 0 Å². The van der Waals surface area contributed by atoms with E-state index in [2.05, 4.69) is 23.3 Å². The number of nitrogens with two attached hydrogens (primary N) is 1. The summed E-state index contributed by atoms with van der Waals surface area (Å²) in [7, 11) is 0. The average molecular weight is 298 g/mol. The number of halogens is 1. The number of hydrogen-bond acceptors (Lipinski definition) is 3. The predicted molar refractivity (Wildman–Crippen MR) is 89.6 cm³/mol. The van der Waals surface area contributed by atoms with E-state index in [0.29, 0.717) is 0 Å². The van der Waals surface area contributed by atoms with Gasteiger partial charge in [0.05, 0.1) is 11.2 Å². The lowest BCUT2D eigenvalue weighted by atomic mass is 10.1. The smallest absolute Gasteiger partial charge is 0.0954 e. The second-order valence-corrected chi connectivity index (χ2v) is 5.46. The van der Waals surface area contributed by atoms with Gasteiger partial charge < -0.3 is 11.1 Å². The normalized spacial score (nSPS) is 12.3. The summed E-state index contributed by atoms with van der Waals surface area (Å²) in [5.41, 5.74) is 9.71. The van der Waals surface area contributed by atoms with Gasteiger partial charge in [0.25, 0.3) is 0 Å². The largest absolute Gasteiger partial charge is 0.398 e. The Morgan fingerprint density at radius 3 is 2.81 bits per heavy atom. The van der Waals surface area contributed by atoms with Crippen LogP contribution in [0.2, 0.25) is 5.02 Å². The Morgan fingerprint density at radius 2 is 2.00 bits per heavy atom. The van der Waals surface area contributed by atoms with E-state index in [4.69, 9.17) is 17.3 Å². The van der Waals surface area contributed by atoms with Crippen molar-refractivity contribution in [1.29, 1.82) is 0 Å². The standard InChI is InChI=1S/C17H16ClN3/c1-11(12-4-2-5-13(18)10-12)21-16-8-7-15(19)14-6-3-9-20-17(14)16/h2-11,21H,19H2,1H3. The van der Waals surface area contributed by atoms with E-state index in [-0.39, 0.29) is 6.04 Å². The molecule has 3 nitrogen and oxygen atoms in total. The minimum atomic E-state index is 0.123. The maximum absolute atomic E-state index is 6.05. The van der Waals surface area contributed by atoms with Crippen LogP contribution < -0.4 is 11.1 Å². The third-order valence-electron chi connectivity index (χ3n) is 3.52. The van der Waals surface area contributed by atoms with E-state index in [1.54, 1.807) is 6.20 Å². The van der Waals surface area contributed by atoms with Gasteiger partial charge in [0.15, 0.2) is 0 Å². The van der Waals surface area contributed by atoms with E-state index in [0.717, 1.165) is 32.9 Å². The lowest BCUT2D eigenvalue weighted by Crippen LogP contribution is -2.07. The van der Waals surface area contributed by atoms with Crippen molar-refractivity contribution in [3.63, 3.8) is 0 Å². The van der Waals surface area contributed by atoms with Crippen molar-refractivity contribution in [2.24, 2.45) is 0 Å². The van der Waals surface area contributed by atoms with Gasteiger partial charge in [-0.2, -0.15) is 0 Å². The molecule has 1 heterocycles. The summed E-state index contributed by atoms with van der Waals surface area (Å²) in [5, 5.41) is 5.18. The first-order chi connectivity index (χ1) is 10.1. The van der Waals surface area contributed by atoms with Crippen LogP contribution >= 0.6 is 11.6 Å². The number of pyridine rings is 1. The Balaban J connectivity index is 1.97. The number of nitrogens with one attached hydrogen (secondary N) is 1. The monoisotopic (exact) mass is 297 g/mol. The van der Waals surface area contributed by atoms with Crippen molar-refractivity contribution in [3.05, 3.63) is 65.3 Å². The quantitative estimate of drug-likeness (QED) is 0.692. The van der Waals surface area contributed by atoms with E-state index in [1.807, 2.05) is 42.5 Å². The molecular formula is C17H16ClN3. The Morgan fingerprint density at radius 1 is 1.14 bits per heavy atom. The Labute approximate surface area is 128 Å². The summed E-state index contributed by atoms with van der Waals surface area (Å²) in [6, 6.07) is 15.7. The summed E-state index contributed by atoms with van der Waals surface area (Å²) < 4.78 is 0. The van der Waals surface area contributed by atoms with Gasteiger partial charge in [-0.25, -0.2) is 0 Å². The van der Waals surface area contributed by atoms with Crippen molar-refractivity contribution in [3.8, 4) is 0 Å². The van der Waals surface area contributed by atoms with Crippen LogP contribution in [0.1, 0.15) is 18.5 Å². The lowest BCUT2D eigenvalue weighted by Gasteiger charge is -2.17.